The first-order chi connectivity index (χ1) is 8.58. The van der Waals surface area contributed by atoms with Crippen LogP contribution >= 0.6 is 0 Å². The van der Waals surface area contributed by atoms with Crippen LogP contribution in [0.5, 0.6) is 0 Å². The van der Waals surface area contributed by atoms with Crippen molar-refractivity contribution < 1.29 is 14.7 Å². The maximum absolute atomic E-state index is 12.0. The maximum Gasteiger partial charge on any atom is 0.318 e. The van der Waals surface area contributed by atoms with Gasteiger partial charge < -0.3 is 15.3 Å². The molecule has 1 aliphatic rings. The lowest BCUT2D eigenvalue weighted by molar-refractivity contribution is -0.137. The topological polar surface area (TPSA) is 69.6 Å². The molecular formula is C13H20N2O3. The van der Waals surface area contributed by atoms with E-state index in [1.807, 2.05) is 6.92 Å². The van der Waals surface area contributed by atoms with E-state index in [1.54, 1.807) is 4.90 Å². The molecule has 0 saturated heterocycles. The van der Waals surface area contributed by atoms with Crippen molar-refractivity contribution in [1.82, 2.24) is 10.2 Å². The minimum absolute atomic E-state index is 0.0293. The summed E-state index contributed by atoms with van der Waals surface area (Å²) in [5.41, 5.74) is 0. The van der Waals surface area contributed by atoms with Gasteiger partial charge in [-0.05, 0) is 19.3 Å². The van der Waals surface area contributed by atoms with Crippen LogP contribution in [0.15, 0.2) is 0 Å². The molecular weight excluding hydrogens is 232 g/mol. The Labute approximate surface area is 108 Å². The molecule has 0 radical (unpaired) electrons. The van der Waals surface area contributed by atoms with E-state index in [0.29, 0.717) is 0 Å². The number of urea groups is 1. The Balaban J connectivity index is 2.49. The highest BCUT2D eigenvalue weighted by Crippen LogP contribution is 2.27. The summed E-state index contributed by atoms with van der Waals surface area (Å²) < 4.78 is 0. The second kappa shape index (κ2) is 6.90. The third-order valence-corrected chi connectivity index (χ3v) is 2.89. The summed E-state index contributed by atoms with van der Waals surface area (Å²) in [6.07, 6.45) is 8.84. The molecule has 0 aromatic carbocycles. The highest BCUT2D eigenvalue weighted by molar-refractivity contribution is 5.76. The number of amides is 2. The second-order valence-corrected chi connectivity index (χ2v) is 4.53. The average molecular weight is 252 g/mol. The van der Waals surface area contributed by atoms with Crippen LogP contribution in [0.1, 0.15) is 39.0 Å². The summed E-state index contributed by atoms with van der Waals surface area (Å²) in [5.74, 6) is 1.64. The summed E-state index contributed by atoms with van der Waals surface area (Å²) in [6, 6.07) is -0.326. The molecule has 18 heavy (non-hydrogen) atoms. The zero-order chi connectivity index (χ0) is 13.5. The highest BCUT2D eigenvalue weighted by atomic mass is 16.4. The Kier molecular flexibility index (Phi) is 5.50. The first kappa shape index (κ1) is 14.4. The molecule has 1 unspecified atom stereocenters. The number of rotatable bonds is 7. The molecule has 0 aliphatic heterocycles. The number of aliphatic carboxylic acids is 1. The largest absolute Gasteiger partial charge is 0.481 e. The third-order valence-electron chi connectivity index (χ3n) is 2.89. The van der Waals surface area contributed by atoms with E-state index in [2.05, 4.69) is 11.2 Å². The fourth-order valence-corrected chi connectivity index (χ4v) is 1.77. The molecule has 0 aromatic heterocycles. The van der Waals surface area contributed by atoms with E-state index in [9.17, 15) is 9.59 Å². The lowest BCUT2D eigenvalue weighted by Gasteiger charge is -2.24. The lowest BCUT2D eigenvalue weighted by atomic mass is 10.2. The summed E-state index contributed by atoms with van der Waals surface area (Å²) in [6.45, 7) is 2.24. The number of carbonyl (C=O) groups excluding carboxylic acids is 1. The van der Waals surface area contributed by atoms with Gasteiger partial charge in [-0.2, -0.15) is 0 Å². The van der Waals surface area contributed by atoms with Crippen LogP contribution in [0.4, 0.5) is 4.79 Å². The van der Waals surface area contributed by atoms with E-state index < -0.39 is 5.97 Å². The number of carboxylic acid groups (broad SMARTS) is 1. The number of carbonyl (C=O) groups is 2. The van der Waals surface area contributed by atoms with Gasteiger partial charge in [-0.15, -0.1) is 6.42 Å². The van der Waals surface area contributed by atoms with Gasteiger partial charge >= 0.3 is 12.0 Å². The molecule has 5 nitrogen and oxygen atoms in total. The van der Waals surface area contributed by atoms with E-state index in [4.69, 9.17) is 11.5 Å². The van der Waals surface area contributed by atoms with Crippen LogP contribution in [0.2, 0.25) is 0 Å². The summed E-state index contributed by atoms with van der Waals surface area (Å²) in [5, 5.41) is 11.4. The summed E-state index contributed by atoms with van der Waals surface area (Å²) >= 11 is 0. The number of carboxylic acids is 1. The van der Waals surface area contributed by atoms with Crippen molar-refractivity contribution in [2.45, 2.75) is 51.1 Å². The summed E-state index contributed by atoms with van der Waals surface area (Å²) in [4.78, 5) is 24.2. The molecule has 0 heterocycles. The van der Waals surface area contributed by atoms with Crippen molar-refractivity contribution >= 4 is 12.0 Å². The van der Waals surface area contributed by atoms with Gasteiger partial charge in [0.2, 0.25) is 0 Å². The second-order valence-electron chi connectivity index (χ2n) is 4.53. The van der Waals surface area contributed by atoms with Gasteiger partial charge in [0.15, 0.2) is 0 Å². The molecule has 1 aliphatic carbocycles. The number of hydrogen-bond donors (Lipinski definition) is 2. The molecule has 0 aromatic rings. The zero-order valence-electron chi connectivity index (χ0n) is 10.7. The molecule has 2 amide bonds. The van der Waals surface area contributed by atoms with Crippen molar-refractivity contribution in [1.29, 1.82) is 0 Å². The molecule has 0 bridgehead atoms. The van der Waals surface area contributed by atoms with E-state index >= 15 is 0 Å². The number of terminal acetylenes is 1. The number of nitrogens with zero attached hydrogens (tertiary/aromatic N) is 1. The Bertz CT molecular complexity index is 345. The third kappa shape index (κ3) is 4.66. The monoisotopic (exact) mass is 252 g/mol. The van der Waals surface area contributed by atoms with E-state index in [1.165, 1.54) is 0 Å². The van der Waals surface area contributed by atoms with Crippen LogP contribution in [0.25, 0.3) is 0 Å². The first-order valence-electron chi connectivity index (χ1n) is 6.33. The predicted molar refractivity (Wildman–Crippen MR) is 68.0 cm³/mol. The van der Waals surface area contributed by atoms with Gasteiger partial charge in [0.1, 0.15) is 0 Å². The van der Waals surface area contributed by atoms with Gasteiger partial charge in [-0.25, -0.2) is 4.79 Å². The predicted octanol–water partition coefficient (Wildman–Crippen LogP) is 1.44. The Hall–Kier alpha value is -1.70. The summed E-state index contributed by atoms with van der Waals surface area (Å²) in [7, 11) is 0. The fourth-order valence-electron chi connectivity index (χ4n) is 1.77. The van der Waals surface area contributed by atoms with Gasteiger partial charge in [0.05, 0.1) is 12.5 Å². The first-order valence-corrected chi connectivity index (χ1v) is 6.33. The van der Waals surface area contributed by atoms with Gasteiger partial charge in [-0.1, -0.05) is 19.3 Å². The molecule has 1 atom stereocenters. The molecule has 1 rings (SSSR count). The van der Waals surface area contributed by atoms with Crippen LogP contribution in [0, 0.1) is 12.3 Å². The molecule has 1 fully saturated rings. The van der Waals surface area contributed by atoms with Gasteiger partial charge in [-0.3, -0.25) is 4.79 Å². The number of nitrogens with one attached hydrogen (secondary N) is 1. The maximum atomic E-state index is 12.0. The molecule has 1 saturated carbocycles. The zero-order valence-corrected chi connectivity index (χ0v) is 10.7. The van der Waals surface area contributed by atoms with E-state index in [-0.39, 0.29) is 31.1 Å². The average Bonchev–Trinajstić information content (AvgIpc) is 3.12. The highest BCUT2D eigenvalue weighted by Gasteiger charge is 2.33. The Morgan fingerprint density at radius 2 is 2.22 bits per heavy atom. The molecule has 2 N–H and O–H groups in total. The van der Waals surface area contributed by atoms with Gasteiger partial charge in [0, 0.05) is 12.6 Å². The Morgan fingerprint density at radius 1 is 1.56 bits per heavy atom. The van der Waals surface area contributed by atoms with Crippen molar-refractivity contribution in [2.75, 3.05) is 6.54 Å². The van der Waals surface area contributed by atoms with Crippen molar-refractivity contribution in [3.8, 4) is 12.3 Å². The number of hydrogen-bond acceptors (Lipinski definition) is 2. The van der Waals surface area contributed by atoms with Crippen molar-refractivity contribution in [3.05, 3.63) is 0 Å². The van der Waals surface area contributed by atoms with Crippen molar-refractivity contribution in [3.63, 3.8) is 0 Å². The SMILES string of the molecule is C#CC(CCC)NC(=O)N(CCC(=O)O)C1CC1. The van der Waals surface area contributed by atoms with Crippen LogP contribution in [-0.2, 0) is 4.79 Å². The molecule has 5 heteroatoms. The van der Waals surface area contributed by atoms with Crippen LogP contribution in [0.3, 0.4) is 0 Å². The Morgan fingerprint density at radius 3 is 2.67 bits per heavy atom. The van der Waals surface area contributed by atoms with E-state index in [0.717, 1.165) is 25.7 Å². The molecule has 0 spiro atoms. The normalized spacial score (nSPS) is 15.6. The van der Waals surface area contributed by atoms with Crippen LogP contribution in [-0.4, -0.2) is 40.6 Å². The van der Waals surface area contributed by atoms with Gasteiger partial charge in [0.25, 0.3) is 0 Å². The fraction of sp³-hybridized carbons (Fsp3) is 0.692. The molecule has 100 valence electrons. The van der Waals surface area contributed by atoms with Crippen molar-refractivity contribution in [2.24, 2.45) is 0 Å². The smallest absolute Gasteiger partial charge is 0.318 e. The minimum atomic E-state index is -0.893. The lowest BCUT2D eigenvalue weighted by Crippen LogP contribution is -2.46. The van der Waals surface area contributed by atoms with Crippen LogP contribution < -0.4 is 5.32 Å². The standard InChI is InChI=1S/C13H20N2O3/c1-3-5-10(4-2)14-13(18)15(11-6-7-11)9-8-12(16)17/h2,10-11H,3,5-9H2,1H3,(H,14,18)(H,16,17). The minimum Gasteiger partial charge on any atom is -0.481 e. The quantitative estimate of drug-likeness (QED) is 0.673.